The van der Waals surface area contributed by atoms with E-state index in [0.29, 0.717) is 6.61 Å². The van der Waals surface area contributed by atoms with E-state index < -0.39 is 0 Å². The molecule has 1 rings (SSSR count). The molecule has 0 amide bonds. The van der Waals surface area contributed by atoms with Gasteiger partial charge in [0.05, 0.1) is 0 Å². The molecule has 0 aromatic carbocycles. The van der Waals surface area contributed by atoms with E-state index in [9.17, 15) is 4.79 Å². The number of ether oxygens (including phenoxy) is 1. The highest BCUT2D eigenvalue weighted by molar-refractivity contribution is 5.65. The van der Waals surface area contributed by atoms with Gasteiger partial charge in [0.15, 0.2) is 0 Å². The Morgan fingerprint density at radius 3 is 2.38 bits per heavy atom. The Kier molecular flexibility index (Phi) is 6.51. The van der Waals surface area contributed by atoms with Gasteiger partial charge in [0.25, 0.3) is 0 Å². The van der Waals surface area contributed by atoms with Crippen molar-refractivity contribution in [1.29, 1.82) is 0 Å². The van der Waals surface area contributed by atoms with Crippen LogP contribution >= 0.6 is 0 Å². The van der Waals surface area contributed by atoms with Gasteiger partial charge in [0.1, 0.15) is 6.61 Å². The summed E-state index contributed by atoms with van der Waals surface area (Å²) in [5.41, 5.74) is 0.954. The minimum Gasteiger partial charge on any atom is -0.461 e. The highest BCUT2D eigenvalue weighted by Crippen LogP contribution is 1.97. The van der Waals surface area contributed by atoms with Crippen molar-refractivity contribution >= 4 is 5.97 Å². The van der Waals surface area contributed by atoms with Crippen LogP contribution in [0.2, 0.25) is 0 Å². The second-order valence-electron chi connectivity index (χ2n) is 2.14. The SMILES string of the molecule is CC.CC(=O)OCc1ccncc1. The molecule has 0 saturated carbocycles. The van der Waals surface area contributed by atoms with Crippen molar-refractivity contribution in [2.45, 2.75) is 27.4 Å². The molecular weight excluding hydrogens is 166 g/mol. The summed E-state index contributed by atoms with van der Waals surface area (Å²) in [6, 6.07) is 3.62. The fraction of sp³-hybridized carbons (Fsp3) is 0.400. The van der Waals surface area contributed by atoms with Gasteiger partial charge in [-0.3, -0.25) is 9.78 Å². The van der Waals surface area contributed by atoms with E-state index in [1.165, 1.54) is 6.92 Å². The molecule has 72 valence electrons. The summed E-state index contributed by atoms with van der Waals surface area (Å²) in [4.78, 5) is 14.2. The molecule has 1 heterocycles. The van der Waals surface area contributed by atoms with Crippen molar-refractivity contribution in [3.63, 3.8) is 0 Å². The molecule has 3 nitrogen and oxygen atoms in total. The Balaban J connectivity index is 0.000000671. The van der Waals surface area contributed by atoms with Crippen LogP contribution in [0.25, 0.3) is 0 Å². The van der Waals surface area contributed by atoms with Crippen LogP contribution in [0.3, 0.4) is 0 Å². The average molecular weight is 181 g/mol. The number of carbonyl (C=O) groups is 1. The number of rotatable bonds is 2. The Hall–Kier alpha value is -1.38. The predicted molar refractivity (Wildman–Crippen MR) is 51.1 cm³/mol. The van der Waals surface area contributed by atoms with Gasteiger partial charge in [-0.05, 0) is 17.7 Å². The number of hydrogen-bond acceptors (Lipinski definition) is 3. The molecule has 0 aliphatic rings. The zero-order valence-electron chi connectivity index (χ0n) is 8.28. The van der Waals surface area contributed by atoms with E-state index in [0.717, 1.165) is 5.56 Å². The zero-order chi connectivity index (χ0) is 10.1. The highest BCUT2D eigenvalue weighted by Gasteiger charge is 1.93. The minimum absolute atomic E-state index is 0.262. The third kappa shape index (κ3) is 5.84. The lowest BCUT2D eigenvalue weighted by atomic mass is 10.3. The standard InChI is InChI=1S/C8H9NO2.C2H6/c1-7(10)11-6-8-2-4-9-5-3-8;1-2/h2-5H,6H2,1H3;1-2H3. The van der Waals surface area contributed by atoms with Crippen LogP contribution in [0.5, 0.6) is 0 Å². The number of esters is 1. The summed E-state index contributed by atoms with van der Waals surface area (Å²) in [5.74, 6) is -0.262. The van der Waals surface area contributed by atoms with E-state index in [1.807, 2.05) is 26.0 Å². The molecule has 0 bridgehead atoms. The molecule has 0 aliphatic carbocycles. The number of nitrogens with zero attached hydrogens (tertiary/aromatic N) is 1. The maximum absolute atomic E-state index is 10.4. The molecule has 0 N–H and O–H groups in total. The summed E-state index contributed by atoms with van der Waals surface area (Å²) < 4.78 is 4.76. The normalized spacial score (nSPS) is 8.23. The first-order valence-corrected chi connectivity index (χ1v) is 4.31. The molecule has 3 heteroatoms. The van der Waals surface area contributed by atoms with Crippen molar-refractivity contribution in [2.75, 3.05) is 0 Å². The van der Waals surface area contributed by atoms with Crippen LogP contribution in [0.15, 0.2) is 24.5 Å². The number of carbonyl (C=O) groups excluding carboxylic acids is 1. The van der Waals surface area contributed by atoms with Crippen LogP contribution in [0, 0.1) is 0 Å². The van der Waals surface area contributed by atoms with Gasteiger partial charge in [-0.1, -0.05) is 13.8 Å². The van der Waals surface area contributed by atoms with Crippen LogP contribution in [-0.2, 0) is 16.1 Å². The van der Waals surface area contributed by atoms with Crippen LogP contribution in [-0.4, -0.2) is 11.0 Å². The minimum atomic E-state index is -0.262. The Morgan fingerprint density at radius 2 is 1.92 bits per heavy atom. The Morgan fingerprint density at radius 1 is 1.38 bits per heavy atom. The average Bonchev–Trinajstić information content (AvgIpc) is 2.19. The molecule has 0 saturated heterocycles. The maximum atomic E-state index is 10.4. The van der Waals surface area contributed by atoms with Gasteiger partial charge < -0.3 is 4.74 Å². The molecule has 1 aromatic rings. The first-order valence-electron chi connectivity index (χ1n) is 4.31. The van der Waals surface area contributed by atoms with Gasteiger partial charge in [-0.2, -0.15) is 0 Å². The van der Waals surface area contributed by atoms with E-state index in [2.05, 4.69) is 4.98 Å². The summed E-state index contributed by atoms with van der Waals surface area (Å²) >= 11 is 0. The number of pyridine rings is 1. The second-order valence-corrected chi connectivity index (χ2v) is 2.14. The van der Waals surface area contributed by atoms with E-state index in [1.54, 1.807) is 12.4 Å². The quantitative estimate of drug-likeness (QED) is 0.656. The topological polar surface area (TPSA) is 39.2 Å². The van der Waals surface area contributed by atoms with Crippen LogP contribution < -0.4 is 0 Å². The predicted octanol–water partition coefficient (Wildman–Crippen LogP) is 2.17. The summed E-state index contributed by atoms with van der Waals surface area (Å²) in [7, 11) is 0. The van der Waals surface area contributed by atoms with E-state index in [-0.39, 0.29) is 5.97 Å². The monoisotopic (exact) mass is 181 g/mol. The lowest BCUT2D eigenvalue weighted by Crippen LogP contribution is -1.98. The number of aromatic nitrogens is 1. The fourth-order valence-electron chi connectivity index (χ4n) is 0.664. The molecule has 13 heavy (non-hydrogen) atoms. The maximum Gasteiger partial charge on any atom is 0.302 e. The van der Waals surface area contributed by atoms with Crippen molar-refractivity contribution in [3.05, 3.63) is 30.1 Å². The molecule has 0 fully saturated rings. The van der Waals surface area contributed by atoms with Gasteiger partial charge >= 0.3 is 5.97 Å². The van der Waals surface area contributed by atoms with Crippen LogP contribution in [0.4, 0.5) is 0 Å². The first kappa shape index (κ1) is 11.6. The first-order chi connectivity index (χ1) is 6.29. The smallest absolute Gasteiger partial charge is 0.302 e. The molecule has 0 aliphatic heterocycles. The lowest BCUT2D eigenvalue weighted by molar-refractivity contribution is -0.142. The van der Waals surface area contributed by atoms with Crippen molar-refractivity contribution in [1.82, 2.24) is 4.98 Å². The summed E-state index contributed by atoms with van der Waals surface area (Å²) in [5, 5.41) is 0. The van der Waals surface area contributed by atoms with Gasteiger partial charge in [-0.15, -0.1) is 0 Å². The fourth-order valence-corrected chi connectivity index (χ4v) is 0.664. The molecule has 1 aromatic heterocycles. The zero-order valence-corrected chi connectivity index (χ0v) is 8.28. The Labute approximate surface area is 78.8 Å². The largest absolute Gasteiger partial charge is 0.461 e. The van der Waals surface area contributed by atoms with Crippen molar-refractivity contribution in [3.8, 4) is 0 Å². The number of hydrogen-bond donors (Lipinski definition) is 0. The summed E-state index contributed by atoms with van der Waals surface area (Å²) in [6.45, 7) is 5.72. The lowest BCUT2D eigenvalue weighted by Gasteiger charge is -1.99. The van der Waals surface area contributed by atoms with Gasteiger partial charge in [-0.25, -0.2) is 0 Å². The third-order valence-corrected chi connectivity index (χ3v) is 1.19. The molecule has 0 atom stereocenters. The molecule has 0 unspecified atom stereocenters. The van der Waals surface area contributed by atoms with E-state index >= 15 is 0 Å². The molecular formula is C10H15NO2. The highest BCUT2D eigenvalue weighted by atomic mass is 16.5. The second kappa shape index (κ2) is 7.28. The van der Waals surface area contributed by atoms with Crippen molar-refractivity contribution < 1.29 is 9.53 Å². The third-order valence-electron chi connectivity index (χ3n) is 1.19. The van der Waals surface area contributed by atoms with Crippen LogP contribution in [0.1, 0.15) is 26.3 Å². The summed E-state index contributed by atoms with van der Waals surface area (Å²) in [6.07, 6.45) is 3.33. The molecule has 0 radical (unpaired) electrons. The van der Waals surface area contributed by atoms with Gasteiger partial charge in [0.2, 0.25) is 0 Å². The van der Waals surface area contributed by atoms with E-state index in [4.69, 9.17) is 4.74 Å². The van der Waals surface area contributed by atoms with Crippen molar-refractivity contribution in [2.24, 2.45) is 0 Å². The Bertz CT molecular complexity index is 234. The molecule has 0 spiro atoms. The van der Waals surface area contributed by atoms with Gasteiger partial charge in [0, 0.05) is 19.3 Å².